The average molecular weight is 661 g/mol. The van der Waals surface area contributed by atoms with E-state index in [9.17, 15) is 24.0 Å². The van der Waals surface area contributed by atoms with Gasteiger partial charge in [-0.1, -0.05) is 54.6 Å². The second kappa shape index (κ2) is 12.9. The van der Waals surface area contributed by atoms with Crippen molar-refractivity contribution in [1.29, 1.82) is 0 Å². The predicted molar refractivity (Wildman–Crippen MR) is 179 cm³/mol. The number of imide groups is 2. The van der Waals surface area contributed by atoms with Crippen molar-refractivity contribution in [2.45, 2.75) is 42.0 Å². The van der Waals surface area contributed by atoms with Crippen molar-refractivity contribution in [1.82, 2.24) is 20.5 Å². The van der Waals surface area contributed by atoms with E-state index in [1.807, 2.05) is 48.5 Å². The average Bonchev–Trinajstić information content (AvgIpc) is 3.62. The van der Waals surface area contributed by atoms with E-state index in [-0.39, 0.29) is 42.3 Å². The molecule has 0 spiro atoms. The maximum absolute atomic E-state index is 13.4. The molecule has 2 aliphatic rings. The van der Waals surface area contributed by atoms with Gasteiger partial charge in [0.1, 0.15) is 6.04 Å². The van der Waals surface area contributed by atoms with Crippen molar-refractivity contribution in [3.63, 3.8) is 0 Å². The van der Waals surface area contributed by atoms with Crippen molar-refractivity contribution in [3.05, 3.63) is 130 Å². The number of rotatable bonds is 9. The van der Waals surface area contributed by atoms with Crippen LogP contribution in [0.1, 0.15) is 61.2 Å². The quantitative estimate of drug-likeness (QED) is 0.159. The van der Waals surface area contributed by atoms with Crippen molar-refractivity contribution in [2.75, 3.05) is 0 Å². The minimum atomic E-state index is -1.01. The summed E-state index contributed by atoms with van der Waals surface area (Å²) in [5.41, 5.74) is 3.29. The van der Waals surface area contributed by atoms with Crippen LogP contribution in [0.3, 0.4) is 0 Å². The molecule has 0 saturated carbocycles. The van der Waals surface area contributed by atoms with E-state index in [0.717, 1.165) is 36.6 Å². The first kappa shape index (κ1) is 30.5. The van der Waals surface area contributed by atoms with Crippen LogP contribution in [-0.2, 0) is 26.6 Å². The lowest BCUT2D eigenvalue weighted by molar-refractivity contribution is -0.136. The predicted octanol–water partition coefficient (Wildman–Crippen LogP) is 5.44. The van der Waals surface area contributed by atoms with Gasteiger partial charge in [-0.15, -0.1) is 23.1 Å². The van der Waals surface area contributed by atoms with Crippen molar-refractivity contribution < 1.29 is 24.0 Å². The molecule has 11 heteroatoms. The molecular weight excluding hydrogens is 633 g/mol. The number of thioether (sulfide) groups is 1. The molecule has 5 aromatic rings. The number of carbonyl (C=O) groups excluding carboxylic acids is 5. The van der Waals surface area contributed by atoms with E-state index in [4.69, 9.17) is 0 Å². The van der Waals surface area contributed by atoms with Crippen LogP contribution in [0.15, 0.2) is 102 Å². The summed E-state index contributed by atoms with van der Waals surface area (Å²) in [6.07, 6.45) is 3.87. The van der Waals surface area contributed by atoms with Gasteiger partial charge in [-0.2, -0.15) is 0 Å². The number of piperidine rings is 1. The summed E-state index contributed by atoms with van der Waals surface area (Å²) < 4.78 is 1.15. The third-order valence-corrected chi connectivity index (χ3v) is 10.6. The number of aromatic nitrogens is 1. The Morgan fingerprint density at radius 3 is 2.53 bits per heavy atom. The fourth-order valence-corrected chi connectivity index (χ4v) is 8.10. The summed E-state index contributed by atoms with van der Waals surface area (Å²) in [4.78, 5) is 70.8. The maximum Gasteiger partial charge on any atom is 0.263 e. The van der Waals surface area contributed by atoms with E-state index in [2.05, 4.69) is 33.8 Å². The number of hydrogen-bond acceptors (Lipinski definition) is 8. The standard InChI is InChI=1S/C36H28N4O5S2/c41-30-15-14-26(34(43)39-30)40-35(44)25-7-3-9-28(32(25)36(40)45)46-20-22-12-10-21(11-13-22)17-31(42)38-33(24-6-4-16-37-19-24)29-18-23-5-1-2-8-27(23)47-29/h1-13,16,18-19,26,33H,14-15,17,20H2,(H,38,42)(H,39,41,43). The Bertz CT molecular complexity index is 2010. The van der Waals surface area contributed by atoms with E-state index in [1.54, 1.807) is 41.9 Å². The number of fused-ring (bicyclic) bond motifs is 2. The van der Waals surface area contributed by atoms with E-state index in [0.29, 0.717) is 10.6 Å². The Labute approximate surface area is 278 Å². The molecular formula is C36H28N4O5S2. The maximum atomic E-state index is 13.4. The van der Waals surface area contributed by atoms with Crippen LogP contribution < -0.4 is 10.6 Å². The highest BCUT2D eigenvalue weighted by Crippen LogP contribution is 2.36. The third-order valence-electron chi connectivity index (χ3n) is 8.26. The molecule has 5 amide bonds. The smallest absolute Gasteiger partial charge is 0.263 e. The van der Waals surface area contributed by atoms with Gasteiger partial charge in [0.2, 0.25) is 17.7 Å². The number of nitrogens with one attached hydrogen (secondary N) is 2. The highest BCUT2D eigenvalue weighted by atomic mass is 32.2. The Balaban J connectivity index is 1.01. The largest absolute Gasteiger partial charge is 0.344 e. The monoisotopic (exact) mass is 660 g/mol. The van der Waals surface area contributed by atoms with Crippen LogP contribution in [0, 0.1) is 0 Å². The second-order valence-electron chi connectivity index (χ2n) is 11.4. The summed E-state index contributed by atoms with van der Waals surface area (Å²) in [7, 11) is 0. The molecule has 3 aromatic carbocycles. The lowest BCUT2D eigenvalue weighted by Crippen LogP contribution is -2.54. The van der Waals surface area contributed by atoms with Gasteiger partial charge in [0.05, 0.1) is 23.6 Å². The molecule has 47 heavy (non-hydrogen) atoms. The van der Waals surface area contributed by atoms with Crippen LogP contribution in [-0.4, -0.2) is 45.5 Å². The molecule has 9 nitrogen and oxygen atoms in total. The molecule has 0 radical (unpaired) electrons. The molecule has 1 saturated heterocycles. The molecule has 0 aliphatic carbocycles. The Hall–Kier alpha value is -5.13. The Morgan fingerprint density at radius 2 is 1.77 bits per heavy atom. The zero-order chi connectivity index (χ0) is 32.5. The van der Waals surface area contributed by atoms with Gasteiger partial charge in [-0.05, 0) is 58.8 Å². The first-order valence-electron chi connectivity index (χ1n) is 15.1. The van der Waals surface area contributed by atoms with Crippen LogP contribution in [0.25, 0.3) is 10.1 Å². The summed E-state index contributed by atoms with van der Waals surface area (Å²) in [5, 5.41) is 6.56. The first-order valence-corrected chi connectivity index (χ1v) is 16.9. The SMILES string of the molecule is O=C1CCC(N2C(=O)c3cccc(SCc4ccc(CC(=O)NC(c5cccnc5)c5cc6ccccc6s5)cc4)c3C2=O)C(=O)N1. The van der Waals surface area contributed by atoms with E-state index in [1.165, 1.54) is 11.8 Å². The number of pyridine rings is 1. The first-order chi connectivity index (χ1) is 22.9. The van der Waals surface area contributed by atoms with Crippen molar-refractivity contribution >= 4 is 62.7 Å². The fraction of sp³-hybridized carbons (Fsp3) is 0.167. The lowest BCUT2D eigenvalue weighted by Gasteiger charge is -2.27. The molecule has 2 aromatic heterocycles. The molecule has 2 unspecified atom stereocenters. The van der Waals surface area contributed by atoms with Crippen LogP contribution in [0.2, 0.25) is 0 Å². The van der Waals surface area contributed by atoms with E-state index >= 15 is 0 Å². The van der Waals surface area contributed by atoms with Gasteiger partial charge in [0.15, 0.2) is 0 Å². The Morgan fingerprint density at radius 1 is 0.957 bits per heavy atom. The van der Waals surface area contributed by atoms with Gasteiger partial charge in [-0.25, -0.2) is 0 Å². The van der Waals surface area contributed by atoms with Crippen molar-refractivity contribution in [2.24, 2.45) is 0 Å². The molecule has 1 fully saturated rings. The van der Waals surface area contributed by atoms with Crippen LogP contribution in [0.5, 0.6) is 0 Å². The van der Waals surface area contributed by atoms with Gasteiger partial charge >= 0.3 is 0 Å². The summed E-state index contributed by atoms with van der Waals surface area (Å²) in [5.74, 6) is -1.68. The molecule has 2 atom stereocenters. The number of hydrogen-bond donors (Lipinski definition) is 2. The number of carbonyl (C=O) groups is 5. The molecule has 2 aliphatic heterocycles. The lowest BCUT2D eigenvalue weighted by atomic mass is 10.0. The highest BCUT2D eigenvalue weighted by molar-refractivity contribution is 7.98. The normalized spacial score (nSPS) is 16.7. The summed E-state index contributed by atoms with van der Waals surface area (Å²) in [6.45, 7) is 0. The zero-order valence-corrected chi connectivity index (χ0v) is 26.6. The number of nitrogens with zero attached hydrogens (tertiary/aromatic N) is 2. The molecule has 234 valence electrons. The van der Waals surface area contributed by atoms with Gasteiger partial charge in [-0.3, -0.25) is 39.2 Å². The molecule has 2 N–H and O–H groups in total. The van der Waals surface area contributed by atoms with Gasteiger partial charge in [0.25, 0.3) is 11.8 Å². The van der Waals surface area contributed by atoms with Crippen molar-refractivity contribution in [3.8, 4) is 0 Å². The van der Waals surface area contributed by atoms with Gasteiger partial charge < -0.3 is 5.32 Å². The minimum Gasteiger partial charge on any atom is -0.344 e. The summed E-state index contributed by atoms with van der Waals surface area (Å²) >= 11 is 3.07. The summed E-state index contributed by atoms with van der Waals surface area (Å²) in [6, 6.07) is 25.6. The number of thiophene rings is 1. The minimum absolute atomic E-state index is 0.0696. The fourth-order valence-electron chi connectivity index (χ4n) is 5.93. The topological polar surface area (TPSA) is 126 Å². The molecule has 7 rings (SSSR count). The second-order valence-corrected chi connectivity index (χ2v) is 13.5. The molecule has 0 bridgehead atoms. The van der Waals surface area contributed by atoms with Gasteiger partial charge in [0, 0.05) is 39.0 Å². The highest BCUT2D eigenvalue weighted by Gasteiger charge is 2.45. The number of amides is 5. The molecule has 4 heterocycles. The third kappa shape index (κ3) is 6.19. The number of benzene rings is 3. The van der Waals surface area contributed by atoms with Crippen LogP contribution in [0.4, 0.5) is 0 Å². The van der Waals surface area contributed by atoms with E-state index < -0.39 is 29.7 Å². The zero-order valence-electron chi connectivity index (χ0n) is 25.0. The Kier molecular flexibility index (Phi) is 8.40. The van der Waals surface area contributed by atoms with Crippen LogP contribution >= 0.6 is 23.1 Å².